The Kier molecular flexibility index (Phi) is 7.80. The van der Waals surface area contributed by atoms with Crippen LogP contribution in [0.4, 0.5) is 0 Å². The molecular formula is C25H22ClN3O2. The average Bonchev–Trinajstić information content (AvgIpc) is 2.78. The molecule has 3 aromatic carbocycles. The molecule has 5 nitrogen and oxygen atoms in total. The molecule has 31 heavy (non-hydrogen) atoms. The summed E-state index contributed by atoms with van der Waals surface area (Å²) in [5.74, 6) is -1.29. The predicted octanol–water partition coefficient (Wildman–Crippen LogP) is 3.84. The normalized spacial score (nSPS) is 11.4. The van der Waals surface area contributed by atoms with Crippen LogP contribution in [0.2, 0.25) is 5.02 Å². The lowest BCUT2D eigenvalue weighted by atomic mass is 9.90. The van der Waals surface area contributed by atoms with Crippen molar-refractivity contribution in [1.29, 1.82) is 5.26 Å². The molecule has 3 rings (SSSR count). The number of amides is 2. The molecule has 0 fully saturated rings. The summed E-state index contributed by atoms with van der Waals surface area (Å²) in [6, 6.07) is 27.0. The smallest absolute Gasteiger partial charge is 0.243 e. The summed E-state index contributed by atoms with van der Waals surface area (Å²) in [5, 5.41) is 14.8. The molecule has 3 aromatic rings. The Balaban J connectivity index is 1.89. The van der Waals surface area contributed by atoms with Gasteiger partial charge < -0.3 is 10.6 Å². The molecule has 0 aliphatic rings. The molecule has 2 amide bonds. The van der Waals surface area contributed by atoms with Crippen LogP contribution in [0.15, 0.2) is 84.9 Å². The van der Waals surface area contributed by atoms with Gasteiger partial charge in [-0.25, -0.2) is 0 Å². The quantitative estimate of drug-likeness (QED) is 0.531. The van der Waals surface area contributed by atoms with Gasteiger partial charge in [0.2, 0.25) is 11.8 Å². The van der Waals surface area contributed by atoms with E-state index in [9.17, 15) is 9.59 Å². The number of nitrogens with one attached hydrogen (secondary N) is 2. The van der Waals surface area contributed by atoms with Crippen LogP contribution in [0.5, 0.6) is 0 Å². The molecule has 156 valence electrons. The third kappa shape index (κ3) is 6.18. The highest BCUT2D eigenvalue weighted by Crippen LogP contribution is 2.25. The number of halogens is 1. The van der Waals surface area contributed by atoms with Gasteiger partial charge in [-0.15, -0.1) is 0 Å². The van der Waals surface area contributed by atoms with Crippen molar-refractivity contribution in [2.45, 2.75) is 18.4 Å². The molecule has 0 aromatic heterocycles. The van der Waals surface area contributed by atoms with E-state index >= 15 is 0 Å². The van der Waals surface area contributed by atoms with Crippen molar-refractivity contribution >= 4 is 23.4 Å². The van der Waals surface area contributed by atoms with E-state index in [1.807, 2.05) is 72.8 Å². The number of carbonyl (C=O) groups is 2. The van der Waals surface area contributed by atoms with Crippen LogP contribution in [-0.4, -0.2) is 24.4 Å². The molecule has 0 radical (unpaired) electrons. The van der Waals surface area contributed by atoms with Gasteiger partial charge in [0, 0.05) is 11.4 Å². The fourth-order valence-corrected chi connectivity index (χ4v) is 3.61. The lowest BCUT2D eigenvalue weighted by Gasteiger charge is -2.23. The van der Waals surface area contributed by atoms with Crippen LogP contribution in [0.3, 0.4) is 0 Å². The molecule has 6 heteroatoms. The second-order valence-electron chi connectivity index (χ2n) is 7.03. The van der Waals surface area contributed by atoms with Gasteiger partial charge >= 0.3 is 0 Å². The maximum Gasteiger partial charge on any atom is 0.243 e. The molecule has 0 aliphatic carbocycles. The van der Waals surface area contributed by atoms with Crippen molar-refractivity contribution in [2.24, 2.45) is 0 Å². The van der Waals surface area contributed by atoms with E-state index < -0.39 is 17.9 Å². The summed E-state index contributed by atoms with van der Waals surface area (Å²) in [6.07, 6.45) is 0.250. The third-order valence-electron chi connectivity index (χ3n) is 4.83. The van der Waals surface area contributed by atoms with Crippen molar-refractivity contribution in [3.63, 3.8) is 0 Å². The first-order valence-electron chi connectivity index (χ1n) is 9.88. The number of carbonyl (C=O) groups excluding carboxylic acids is 2. The Hall–Kier alpha value is -3.62. The van der Waals surface area contributed by atoms with Crippen LogP contribution < -0.4 is 10.6 Å². The summed E-state index contributed by atoms with van der Waals surface area (Å²) >= 11 is 6.08. The van der Waals surface area contributed by atoms with Gasteiger partial charge in [-0.05, 0) is 28.8 Å². The lowest BCUT2D eigenvalue weighted by Crippen LogP contribution is -2.49. The molecule has 0 heterocycles. The second-order valence-corrected chi connectivity index (χ2v) is 7.46. The first-order chi connectivity index (χ1) is 15.1. The van der Waals surface area contributed by atoms with Gasteiger partial charge in [0.25, 0.3) is 0 Å². The summed E-state index contributed by atoms with van der Waals surface area (Å²) < 4.78 is 0. The molecule has 0 saturated carbocycles. The van der Waals surface area contributed by atoms with E-state index in [4.69, 9.17) is 16.9 Å². The van der Waals surface area contributed by atoms with E-state index in [1.165, 1.54) is 0 Å². The van der Waals surface area contributed by atoms with Crippen LogP contribution in [-0.2, 0) is 16.0 Å². The van der Waals surface area contributed by atoms with Crippen molar-refractivity contribution < 1.29 is 9.59 Å². The fourth-order valence-electron chi connectivity index (χ4n) is 3.40. The van der Waals surface area contributed by atoms with Crippen molar-refractivity contribution in [2.75, 3.05) is 6.54 Å². The van der Waals surface area contributed by atoms with Crippen LogP contribution in [0.1, 0.15) is 22.6 Å². The van der Waals surface area contributed by atoms with Gasteiger partial charge in [-0.3, -0.25) is 9.59 Å². The number of rotatable bonds is 8. The predicted molar refractivity (Wildman–Crippen MR) is 120 cm³/mol. The van der Waals surface area contributed by atoms with Gasteiger partial charge in [0.05, 0.1) is 12.0 Å². The molecule has 0 spiro atoms. The monoisotopic (exact) mass is 431 g/mol. The zero-order valence-corrected chi connectivity index (χ0v) is 17.5. The van der Waals surface area contributed by atoms with Crippen LogP contribution in [0, 0.1) is 11.3 Å². The zero-order chi connectivity index (χ0) is 22.1. The highest BCUT2D eigenvalue weighted by Gasteiger charge is 2.28. The summed E-state index contributed by atoms with van der Waals surface area (Å²) in [4.78, 5) is 26.1. The van der Waals surface area contributed by atoms with E-state index in [0.717, 1.165) is 16.7 Å². The minimum absolute atomic E-state index is 0.137. The minimum atomic E-state index is -0.853. The number of nitriles is 1. The summed E-state index contributed by atoms with van der Waals surface area (Å²) in [7, 11) is 0. The molecule has 2 N–H and O–H groups in total. The molecule has 1 atom stereocenters. The zero-order valence-electron chi connectivity index (χ0n) is 16.8. The molecule has 0 aliphatic heterocycles. The average molecular weight is 432 g/mol. The minimum Gasteiger partial charge on any atom is -0.343 e. The second kappa shape index (κ2) is 11.0. The Morgan fingerprint density at radius 3 is 2.03 bits per heavy atom. The van der Waals surface area contributed by atoms with Gasteiger partial charge in [-0.2, -0.15) is 5.26 Å². The number of hydrogen-bond donors (Lipinski definition) is 2. The number of nitrogens with zero attached hydrogens (tertiary/aromatic N) is 1. The largest absolute Gasteiger partial charge is 0.343 e. The first-order valence-corrected chi connectivity index (χ1v) is 10.3. The van der Waals surface area contributed by atoms with Gasteiger partial charge in [0.15, 0.2) is 0 Å². The summed E-state index contributed by atoms with van der Waals surface area (Å²) in [5.41, 5.74) is 2.45. The molecule has 0 saturated heterocycles. The molecule has 0 bridgehead atoms. The van der Waals surface area contributed by atoms with E-state index in [2.05, 4.69) is 10.6 Å². The highest BCUT2D eigenvalue weighted by atomic mass is 35.5. The Morgan fingerprint density at radius 1 is 0.871 bits per heavy atom. The number of benzene rings is 3. The third-order valence-corrected chi connectivity index (χ3v) is 5.07. The van der Waals surface area contributed by atoms with Crippen molar-refractivity contribution in [3.8, 4) is 6.07 Å². The van der Waals surface area contributed by atoms with Crippen molar-refractivity contribution in [1.82, 2.24) is 10.6 Å². The SMILES string of the molecule is N#CCNC(=O)[C@@H](Cc1cccc(Cl)c1)NC(=O)C(c1ccccc1)c1ccccc1. The lowest BCUT2D eigenvalue weighted by molar-refractivity contribution is -0.129. The van der Waals surface area contributed by atoms with Gasteiger partial charge in [-0.1, -0.05) is 84.4 Å². The highest BCUT2D eigenvalue weighted by molar-refractivity contribution is 6.30. The van der Waals surface area contributed by atoms with Gasteiger partial charge in [0.1, 0.15) is 12.6 Å². The van der Waals surface area contributed by atoms with E-state index in [0.29, 0.717) is 5.02 Å². The number of hydrogen-bond acceptors (Lipinski definition) is 3. The Labute approximate surface area is 186 Å². The standard InChI is InChI=1S/C25H22ClN3O2/c26-21-13-7-8-18(16-21)17-22(24(30)28-15-14-27)29-25(31)23(19-9-3-1-4-10-19)20-11-5-2-6-12-20/h1-13,16,22-23H,15,17H2,(H,28,30)(H,29,31)/t22-/m1/s1. The first kappa shape index (κ1) is 22.1. The van der Waals surface area contributed by atoms with E-state index in [-0.39, 0.29) is 18.9 Å². The van der Waals surface area contributed by atoms with Crippen molar-refractivity contribution in [3.05, 3.63) is 107 Å². The Morgan fingerprint density at radius 2 is 1.48 bits per heavy atom. The Bertz CT molecular complexity index is 1030. The van der Waals surface area contributed by atoms with Crippen LogP contribution >= 0.6 is 11.6 Å². The molecular weight excluding hydrogens is 410 g/mol. The van der Waals surface area contributed by atoms with E-state index in [1.54, 1.807) is 18.2 Å². The summed E-state index contributed by atoms with van der Waals surface area (Å²) in [6.45, 7) is -0.137. The topological polar surface area (TPSA) is 82.0 Å². The fraction of sp³-hybridized carbons (Fsp3) is 0.160. The molecule has 0 unspecified atom stereocenters. The van der Waals surface area contributed by atoms with Crippen LogP contribution in [0.25, 0.3) is 0 Å². The maximum atomic E-state index is 13.4. The maximum absolute atomic E-state index is 13.4.